The quantitative estimate of drug-likeness (QED) is 0.295. The molecule has 1 aliphatic rings. The number of hydrogen-bond acceptors (Lipinski definition) is 4. The van der Waals surface area contributed by atoms with Crippen LogP contribution in [0.4, 0.5) is 5.69 Å². The first kappa shape index (κ1) is 30.1. The Kier molecular flexibility index (Phi) is 10.3. The Hall–Kier alpha value is -2.88. The zero-order valence-corrected chi connectivity index (χ0v) is 25.5. The van der Waals surface area contributed by atoms with E-state index in [1.807, 2.05) is 30.3 Å². The first-order valence-corrected chi connectivity index (χ1v) is 16.2. The second kappa shape index (κ2) is 13.7. The monoisotopic (exact) mass is 645 g/mol. The summed E-state index contributed by atoms with van der Waals surface area (Å²) in [6.45, 7) is -0.334. The minimum atomic E-state index is -3.81. The molecule has 0 aliphatic heterocycles. The number of nitrogens with one attached hydrogen (secondary N) is 1. The third kappa shape index (κ3) is 8.32. The Bertz CT molecular complexity index is 1400. The molecular weight excluding hydrogens is 614 g/mol. The van der Waals surface area contributed by atoms with Crippen LogP contribution in [0, 0.1) is 0 Å². The fraction of sp³-hybridized carbons (Fsp3) is 0.333. The number of halogens is 2. The average molecular weight is 647 g/mol. The molecule has 3 aromatic carbocycles. The third-order valence-electron chi connectivity index (χ3n) is 7.03. The molecule has 1 aliphatic carbocycles. The lowest BCUT2D eigenvalue weighted by Gasteiger charge is -2.34. The van der Waals surface area contributed by atoms with Crippen molar-refractivity contribution in [2.24, 2.45) is 0 Å². The van der Waals surface area contributed by atoms with E-state index < -0.39 is 28.5 Å². The van der Waals surface area contributed by atoms with Gasteiger partial charge in [0.05, 0.1) is 11.9 Å². The molecule has 10 heteroatoms. The van der Waals surface area contributed by atoms with Gasteiger partial charge in [-0.1, -0.05) is 82.8 Å². The summed E-state index contributed by atoms with van der Waals surface area (Å²) in [6, 6.07) is 22.5. The minimum Gasteiger partial charge on any atom is -0.352 e. The topological polar surface area (TPSA) is 86.8 Å². The molecule has 3 aromatic rings. The fourth-order valence-corrected chi connectivity index (χ4v) is 6.17. The molecule has 0 unspecified atom stereocenters. The molecule has 1 N–H and O–H groups in total. The van der Waals surface area contributed by atoms with Gasteiger partial charge in [-0.25, -0.2) is 8.42 Å². The Labute approximate surface area is 249 Å². The van der Waals surface area contributed by atoms with Crippen molar-refractivity contribution in [2.75, 3.05) is 17.1 Å². The molecule has 0 radical (unpaired) electrons. The Morgan fingerprint density at radius 3 is 2.17 bits per heavy atom. The third-order valence-corrected chi connectivity index (χ3v) is 8.95. The van der Waals surface area contributed by atoms with Gasteiger partial charge in [0, 0.05) is 28.5 Å². The lowest BCUT2D eigenvalue weighted by atomic mass is 10.0. The van der Waals surface area contributed by atoms with Gasteiger partial charge in [0.25, 0.3) is 0 Å². The number of benzene rings is 3. The van der Waals surface area contributed by atoms with Crippen molar-refractivity contribution < 1.29 is 18.0 Å². The van der Waals surface area contributed by atoms with Crippen molar-refractivity contribution in [1.82, 2.24) is 10.2 Å². The second-order valence-electron chi connectivity index (χ2n) is 10.1. The van der Waals surface area contributed by atoms with Crippen LogP contribution >= 0.6 is 27.5 Å². The van der Waals surface area contributed by atoms with Crippen molar-refractivity contribution >= 4 is 55.1 Å². The molecule has 4 rings (SSSR count). The summed E-state index contributed by atoms with van der Waals surface area (Å²) < 4.78 is 27.5. The highest BCUT2D eigenvalue weighted by molar-refractivity contribution is 9.10. The number of anilines is 1. The summed E-state index contributed by atoms with van der Waals surface area (Å²) >= 11 is 9.47. The summed E-state index contributed by atoms with van der Waals surface area (Å²) in [5.74, 6) is -0.724. The first-order chi connectivity index (χ1) is 19.1. The molecule has 2 amide bonds. The molecule has 40 heavy (non-hydrogen) atoms. The minimum absolute atomic E-state index is 0.0635. The summed E-state index contributed by atoms with van der Waals surface area (Å²) in [5.41, 5.74) is 2.04. The molecule has 1 fully saturated rings. The zero-order chi connectivity index (χ0) is 28.7. The number of sulfonamides is 1. The molecule has 0 saturated heterocycles. The van der Waals surface area contributed by atoms with Crippen molar-refractivity contribution in [2.45, 2.75) is 50.7 Å². The highest BCUT2D eigenvalue weighted by atomic mass is 79.9. The highest BCUT2D eigenvalue weighted by Crippen LogP contribution is 2.24. The summed E-state index contributed by atoms with van der Waals surface area (Å²) in [6.07, 6.45) is 5.27. The van der Waals surface area contributed by atoms with Crippen LogP contribution in [0.25, 0.3) is 0 Å². The standard InChI is InChI=1S/C30H33BrClN3O4S/c1-40(38,39)35(27-17-13-24(31)14-18-27)21-29(36)34(20-23-11-15-25(32)16-12-23)28(19-22-7-3-2-4-8-22)30(37)33-26-9-5-6-10-26/h2-4,7-8,11-18,26,28H,5-6,9-10,19-21H2,1H3,(H,33,37)/t28-/m1/s1. The fourth-order valence-electron chi connectivity index (χ4n) is 4.93. The van der Waals surface area contributed by atoms with Crippen LogP contribution in [0.3, 0.4) is 0 Å². The largest absolute Gasteiger partial charge is 0.352 e. The SMILES string of the molecule is CS(=O)(=O)N(CC(=O)N(Cc1ccc(Cl)cc1)[C@H](Cc1ccccc1)C(=O)NC1CCCC1)c1ccc(Br)cc1. The van der Waals surface area contributed by atoms with E-state index in [-0.39, 0.29) is 24.9 Å². The van der Waals surface area contributed by atoms with Crippen LogP contribution in [0.2, 0.25) is 5.02 Å². The normalized spacial score (nSPS) is 14.5. The molecule has 7 nitrogen and oxygen atoms in total. The molecule has 0 heterocycles. The maximum absolute atomic E-state index is 14.1. The van der Waals surface area contributed by atoms with E-state index in [9.17, 15) is 18.0 Å². The predicted octanol–water partition coefficient (Wildman–Crippen LogP) is 5.57. The molecular formula is C30H33BrClN3O4S. The van der Waals surface area contributed by atoms with Crippen LogP contribution in [0.15, 0.2) is 83.3 Å². The van der Waals surface area contributed by atoms with Gasteiger partial charge in [-0.05, 0) is 60.4 Å². The Morgan fingerprint density at radius 2 is 1.57 bits per heavy atom. The van der Waals surface area contributed by atoms with Gasteiger partial charge in [-0.2, -0.15) is 0 Å². The number of rotatable bonds is 11. The lowest BCUT2D eigenvalue weighted by Crippen LogP contribution is -2.54. The number of carbonyl (C=O) groups is 2. The van der Waals surface area contributed by atoms with Gasteiger partial charge < -0.3 is 10.2 Å². The second-order valence-corrected chi connectivity index (χ2v) is 13.3. The van der Waals surface area contributed by atoms with Crippen LogP contribution in [-0.2, 0) is 32.6 Å². The van der Waals surface area contributed by atoms with E-state index in [0.717, 1.165) is 51.8 Å². The zero-order valence-electron chi connectivity index (χ0n) is 22.3. The van der Waals surface area contributed by atoms with Crippen molar-refractivity contribution in [3.63, 3.8) is 0 Å². The Morgan fingerprint density at radius 1 is 0.950 bits per heavy atom. The van der Waals surface area contributed by atoms with Crippen molar-refractivity contribution in [3.05, 3.63) is 99.5 Å². The van der Waals surface area contributed by atoms with E-state index in [2.05, 4.69) is 21.2 Å². The summed E-state index contributed by atoms with van der Waals surface area (Å²) in [4.78, 5) is 29.4. The smallest absolute Gasteiger partial charge is 0.244 e. The van der Waals surface area contributed by atoms with Gasteiger partial charge in [-0.3, -0.25) is 13.9 Å². The maximum Gasteiger partial charge on any atom is 0.244 e. The first-order valence-electron chi connectivity index (χ1n) is 13.2. The van der Waals surface area contributed by atoms with Gasteiger partial charge in [0.15, 0.2) is 0 Å². The molecule has 1 saturated carbocycles. The predicted molar refractivity (Wildman–Crippen MR) is 163 cm³/mol. The van der Waals surface area contributed by atoms with Crippen LogP contribution in [-0.4, -0.2) is 50.0 Å². The van der Waals surface area contributed by atoms with Gasteiger partial charge in [-0.15, -0.1) is 0 Å². The lowest BCUT2D eigenvalue weighted by molar-refractivity contribution is -0.140. The van der Waals surface area contributed by atoms with E-state index in [4.69, 9.17) is 11.6 Å². The van der Waals surface area contributed by atoms with E-state index >= 15 is 0 Å². The van der Waals surface area contributed by atoms with Crippen LogP contribution < -0.4 is 9.62 Å². The van der Waals surface area contributed by atoms with Gasteiger partial charge in [0.2, 0.25) is 21.8 Å². The van der Waals surface area contributed by atoms with E-state index in [1.165, 1.54) is 4.90 Å². The molecule has 212 valence electrons. The number of hydrogen-bond donors (Lipinski definition) is 1. The van der Waals surface area contributed by atoms with Gasteiger partial charge in [0.1, 0.15) is 12.6 Å². The van der Waals surface area contributed by atoms with Crippen LogP contribution in [0.5, 0.6) is 0 Å². The molecule has 0 spiro atoms. The van der Waals surface area contributed by atoms with Gasteiger partial charge >= 0.3 is 0 Å². The summed E-state index contributed by atoms with van der Waals surface area (Å²) in [5, 5.41) is 3.72. The number of nitrogens with zero attached hydrogens (tertiary/aromatic N) is 2. The summed E-state index contributed by atoms with van der Waals surface area (Å²) in [7, 11) is -3.81. The number of amides is 2. The molecule has 0 aromatic heterocycles. The van der Waals surface area contributed by atoms with E-state index in [1.54, 1.807) is 48.5 Å². The Balaban J connectivity index is 1.71. The molecule has 1 atom stereocenters. The average Bonchev–Trinajstić information content (AvgIpc) is 3.44. The highest BCUT2D eigenvalue weighted by Gasteiger charge is 2.34. The van der Waals surface area contributed by atoms with Crippen molar-refractivity contribution in [1.29, 1.82) is 0 Å². The van der Waals surface area contributed by atoms with Crippen molar-refractivity contribution in [3.8, 4) is 0 Å². The molecule has 0 bridgehead atoms. The van der Waals surface area contributed by atoms with Crippen LogP contribution in [0.1, 0.15) is 36.8 Å². The van der Waals surface area contributed by atoms with E-state index in [0.29, 0.717) is 10.7 Å². The number of carbonyl (C=O) groups excluding carboxylic acids is 2. The maximum atomic E-state index is 14.1.